The maximum absolute atomic E-state index is 9.81. The zero-order valence-electron chi connectivity index (χ0n) is 7.66. The van der Waals surface area contributed by atoms with Crippen LogP contribution in [-0.2, 0) is 19.1 Å². The van der Waals surface area contributed by atoms with E-state index in [4.69, 9.17) is 0 Å². The fourth-order valence-electron chi connectivity index (χ4n) is 0.202. The van der Waals surface area contributed by atoms with Crippen LogP contribution in [0, 0.1) is 0 Å². The van der Waals surface area contributed by atoms with Gasteiger partial charge in [0, 0.05) is 27.9 Å². The molecule has 0 aromatic heterocycles. The molecule has 0 aromatic carbocycles. The molecule has 0 spiro atoms. The zero-order chi connectivity index (χ0) is 10.1. The summed E-state index contributed by atoms with van der Waals surface area (Å²) in [6.07, 6.45) is 0.750. The Morgan fingerprint density at radius 1 is 1.17 bits per heavy atom. The lowest BCUT2D eigenvalue weighted by molar-refractivity contribution is -0.156. The molecule has 0 saturated carbocycles. The van der Waals surface area contributed by atoms with E-state index in [0.29, 0.717) is 0 Å². The summed E-state index contributed by atoms with van der Waals surface area (Å²) < 4.78 is 3.97. The molecule has 12 heavy (non-hydrogen) atoms. The minimum absolute atomic E-state index is 0.562. The molecule has 0 aliphatic rings. The van der Waals surface area contributed by atoms with Crippen molar-refractivity contribution in [2.75, 3.05) is 14.1 Å². The molecule has 0 rings (SSSR count). The first-order chi connectivity index (χ1) is 5.40. The number of hydrogen-bond donors (Lipinski definition) is 0. The van der Waals surface area contributed by atoms with Gasteiger partial charge in [0.1, 0.15) is 0 Å². The highest BCUT2D eigenvalue weighted by Crippen LogP contribution is 1.73. The maximum Gasteiger partial charge on any atom is 0.310 e. The van der Waals surface area contributed by atoms with Gasteiger partial charge in [0.15, 0.2) is 0 Å². The smallest absolute Gasteiger partial charge is 0.310 e. The Labute approximate surface area is 71.3 Å². The Hall–Kier alpha value is -1.39. The van der Waals surface area contributed by atoms with E-state index in [0.717, 1.165) is 6.41 Å². The quantitative estimate of drug-likeness (QED) is 0.314. The van der Waals surface area contributed by atoms with Crippen molar-refractivity contribution in [3.8, 4) is 0 Å². The Kier molecular flexibility index (Phi) is 8.50. The van der Waals surface area contributed by atoms with Gasteiger partial charge in [0.05, 0.1) is 0 Å². The monoisotopic (exact) mass is 175 g/mol. The van der Waals surface area contributed by atoms with Gasteiger partial charge in [-0.2, -0.15) is 0 Å². The predicted molar refractivity (Wildman–Crippen MR) is 42.2 cm³/mol. The predicted octanol–water partition coefficient (Wildman–Crippen LogP) is -0.200. The molecular weight excluding hydrogens is 162 g/mol. The molecule has 0 saturated heterocycles. The number of amides is 1. The summed E-state index contributed by atoms with van der Waals surface area (Å²) in [5.41, 5.74) is 0. The lowest BCUT2D eigenvalue weighted by Crippen LogP contribution is -2.06. The Balaban J connectivity index is 0. The molecule has 0 unspecified atom stereocenters. The second-order valence-electron chi connectivity index (χ2n) is 2.15. The van der Waals surface area contributed by atoms with Crippen LogP contribution in [0.2, 0.25) is 0 Å². The lowest BCUT2D eigenvalue weighted by Gasteiger charge is -1.93. The van der Waals surface area contributed by atoms with E-state index in [-0.39, 0.29) is 0 Å². The molecule has 0 bridgehead atoms. The van der Waals surface area contributed by atoms with Crippen molar-refractivity contribution in [2.45, 2.75) is 13.8 Å². The van der Waals surface area contributed by atoms with Crippen LogP contribution in [0.25, 0.3) is 0 Å². The highest BCUT2D eigenvalue weighted by Gasteiger charge is 1.93. The Morgan fingerprint density at radius 3 is 1.42 bits per heavy atom. The van der Waals surface area contributed by atoms with Crippen molar-refractivity contribution in [3.05, 3.63) is 0 Å². The van der Waals surface area contributed by atoms with Gasteiger partial charge in [-0.25, -0.2) is 0 Å². The van der Waals surface area contributed by atoms with Crippen molar-refractivity contribution in [2.24, 2.45) is 0 Å². The largest absolute Gasteiger partial charge is 0.394 e. The molecule has 1 amide bonds. The molecule has 0 aromatic rings. The second-order valence-corrected chi connectivity index (χ2v) is 2.15. The van der Waals surface area contributed by atoms with Crippen LogP contribution in [0.1, 0.15) is 13.8 Å². The van der Waals surface area contributed by atoms with E-state index >= 15 is 0 Å². The number of hydrogen-bond acceptors (Lipinski definition) is 4. The summed E-state index contributed by atoms with van der Waals surface area (Å²) in [6, 6.07) is 0. The minimum atomic E-state index is -0.562. The summed E-state index contributed by atoms with van der Waals surface area (Å²) in [7, 11) is 3.38. The van der Waals surface area contributed by atoms with E-state index in [2.05, 4.69) is 4.74 Å². The van der Waals surface area contributed by atoms with Crippen LogP contribution in [0.5, 0.6) is 0 Å². The Morgan fingerprint density at radius 2 is 1.42 bits per heavy atom. The summed E-state index contributed by atoms with van der Waals surface area (Å²) in [4.78, 5) is 30.5. The van der Waals surface area contributed by atoms with Gasteiger partial charge in [0.25, 0.3) is 0 Å². The van der Waals surface area contributed by atoms with Gasteiger partial charge in [-0.05, 0) is 0 Å². The molecule has 0 aliphatic carbocycles. The fourth-order valence-corrected chi connectivity index (χ4v) is 0.202. The van der Waals surface area contributed by atoms with E-state index in [9.17, 15) is 14.4 Å². The average molecular weight is 175 g/mol. The topological polar surface area (TPSA) is 63.7 Å². The van der Waals surface area contributed by atoms with Gasteiger partial charge < -0.3 is 9.64 Å². The molecule has 5 heteroatoms. The van der Waals surface area contributed by atoms with E-state index in [1.807, 2.05) is 0 Å². The van der Waals surface area contributed by atoms with Crippen LogP contribution in [0.4, 0.5) is 0 Å². The SMILES string of the molecule is CC(=O)OC(C)=O.CN(C)C=O. The van der Waals surface area contributed by atoms with Crippen molar-refractivity contribution < 1.29 is 19.1 Å². The molecule has 0 atom stereocenters. The highest BCUT2D eigenvalue weighted by molar-refractivity contribution is 5.82. The number of rotatable bonds is 1. The molecule has 0 aliphatic heterocycles. The third-order valence-electron chi connectivity index (χ3n) is 0.498. The standard InChI is InChI=1S/C4H6O3.C3H7NO/c1-3(5)7-4(2)6;1-4(2)3-5/h1-2H3;3H,1-2H3. The molecule has 0 heterocycles. The van der Waals surface area contributed by atoms with Crippen LogP contribution in [0.15, 0.2) is 0 Å². The molecular formula is C7H13NO4. The highest BCUT2D eigenvalue weighted by atomic mass is 16.6. The molecule has 5 nitrogen and oxygen atoms in total. The maximum atomic E-state index is 9.81. The van der Waals surface area contributed by atoms with Gasteiger partial charge in [-0.15, -0.1) is 0 Å². The van der Waals surface area contributed by atoms with Crippen molar-refractivity contribution in [1.29, 1.82) is 0 Å². The van der Waals surface area contributed by atoms with Crippen LogP contribution < -0.4 is 0 Å². The third kappa shape index (κ3) is 23.5. The third-order valence-corrected chi connectivity index (χ3v) is 0.498. The average Bonchev–Trinajstić information content (AvgIpc) is 1.85. The first-order valence-electron chi connectivity index (χ1n) is 3.20. The number of nitrogens with zero attached hydrogens (tertiary/aromatic N) is 1. The minimum Gasteiger partial charge on any atom is -0.394 e. The fraction of sp³-hybridized carbons (Fsp3) is 0.571. The van der Waals surface area contributed by atoms with E-state index in [1.165, 1.54) is 18.7 Å². The van der Waals surface area contributed by atoms with Gasteiger partial charge in [-0.3, -0.25) is 14.4 Å². The number of esters is 2. The first-order valence-corrected chi connectivity index (χ1v) is 3.20. The molecule has 0 radical (unpaired) electrons. The second kappa shape index (κ2) is 7.71. The summed E-state index contributed by atoms with van der Waals surface area (Å²) in [6.45, 7) is 2.36. The number of carbonyl (C=O) groups excluding carboxylic acids is 3. The normalized spacial score (nSPS) is 7.33. The molecule has 0 fully saturated rings. The Bertz CT molecular complexity index is 153. The van der Waals surface area contributed by atoms with Crippen molar-refractivity contribution >= 4 is 18.3 Å². The molecule has 70 valence electrons. The summed E-state index contributed by atoms with van der Waals surface area (Å²) in [5.74, 6) is -1.12. The molecule has 0 N–H and O–H groups in total. The summed E-state index contributed by atoms with van der Waals surface area (Å²) >= 11 is 0. The van der Waals surface area contributed by atoms with Crippen molar-refractivity contribution in [3.63, 3.8) is 0 Å². The van der Waals surface area contributed by atoms with Crippen molar-refractivity contribution in [1.82, 2.24) is 4.90 Å². The van der Waals surface area contributed by atoms with Gasteiger partial charge >= 0.3 is 11.9 Å². The van der Waals surface area contributed by atoms with Gasteiger partial charge in [-0.1, -0.05) is 0 Å². The number of carbonyl (C=O) groups is 3. The number of ether oxygens (including phenoxy) is 1. The zero-order valence-corrected chi connectivity index (χ0v) is 7.66. The van der Waals surface area contributed by atoms with Crippen LogP contribution in [0.3, 0.4) is 0 Å². The lowest BCUT2D eigenvalue weighted by atomic mass is 10.7. The van der Waals surface area contributed by atoms with Crippen LogP contribution in [-0.4, -0.2) is 37.3 Å². The van der Waals surface area contributed by atoms with Crippen LogP contribution >= 0.6 is 0 Å². The van der Waals surface area contributed by atoms with E-state index < -0.39 is 11.9 Å². The van der Waals surface area contributed by atoms with E-state index in [1.54, 1.807) is 14.1 Å². The summed E-state index contributed by atoms with van der Waals surface area (Å²) in [5, 5.41) is 0. The van der Waals surface area contributed by atoms with Gasteiger partial charge in [0.2, 0.25) is 6.41 Å². The first kappa shape index (κ1) is 13.2.